The maximum Gasteiger partial charge on any atom is 0.258 e. The predicted octanol–water partition coefficient (Wildman–Crippen LogP) is 1.44. The summed E-state index contributed by atoms with van der Waals surface area (Å²) in [5, 5.41) is 6.86. The Bertz CT molecular complexity index is 398. The lowest BCUT2D eigenvalue weighted by molar-refractivity contribution is 0.0953. The van der Waals surface area contributed by atoms with Gasteiger partial charge in [-0.1, -0.05) is 0 Å². The van der Waals surface area contributed by atoms with Crippen LogP contribution in [0.15, 0.2) is 0 Å². The normalized spacial score (nSPS) is 15.2. The molecule has 1 aromatic rings. The van der Waals surface area contributed by atoms with Crippen LogP contribution in [0.4, 0.5) is 10.8 Å². The van der Waals surface area contributed by atoms with Crippen LogP contribution in [0, 0.1) is 0 Å². The molecule has 5 nitrogen and oxygen atoms in total. The molecule has 1 fully saturated rings. The van der Waals surface area contributed by atoms with E-state index in [1.54, 1.807) is 0 Å². The summed E-state index contributed by atoms with van der Waals surface area (Å²) in [6.07, 6.45) is 2.13. The summed E-state index contributed by atoms with van der Waals surface area (Å²) in [6.45, 7) is 4.02. The molecule has 0 bridgehead atoms. The van der Waals surface area contributed by atoms with E-state index < -0.39 is 0 Å². The highest BCUT2D eigenvalue weighted by Crippen LogP contribution is 2.28. The van der Waals surface area contributed by atoms with Gasteiger partial charge in [-0.25, -0.2) is 0 Å². The highest BCUT2D eigenvalue weighted by molar-refractivity contribution is 7.11. The van der Waals surface area contributed by atoms with Crippen molar-refractivity contribution in [1.82, 2.24) is 9.69 Å². The van der Waals surface area contributed by atoms with Crippen molar-refractivity contribution in [3.8, 4) is 0 Å². The number of anilines is 2. The largest absolute Gasteiger partial charge is 0.382 e. The summed E-state index contributed by atoms with van der Waals surface area (Å²) in [5.41, 5.74) is 6.20. The third-order valence-corrected chi connectivity index (χ3v) is 3.07. The molecule has 16 heavy (non-hydrogen) atoms. The van der Waals surface area contributed by atoms with E-state index in [0.29, 0.717) is 17.4 Å². The zero-order valence-corrected chi connectivity index (χ0v) is 10.2. The molecule has 4 N–H and O–H groups in total. The van der Waals surface area contributed by atoms with Crippen LogP contribution in [-0.4, -0.2) is 22.4 Å². The predicted molar refractivity (Wildman–Crippen MR) is 65.8 cm³/mol. The number of hydrogen-bond donors (Lipinski definition) is 3. The Labute approximate surface area is 98.6 Å². The molecule has 0 unspecified atom stereocenters. The summed E-state index contributed by atoms with van der Waals surface area (Å²) in [7, 11) is 0. The van der Waals surface area contributed by atoms with Gasteiger partial charge in [0, 0.05) is 12.1 Å². The van der Waals surface area contributed by atoms with Gasteiger partial charge < -0.3 is 16.4 Å². The van der Waals surface area contributed by atoms with Gasteiger partial charge in [0.2, 0.25) is 0 Å². The van der Waals surface area contributed by atoms with E-state index in [1.165, 1.54) is 11.5 Å². The fraction of sp³-hybridized carbons (Fsp3) is 0.600. The molecule has 0 aromatic carbocycles. The lowest BCUT2D eigenvalue weighted by Crippen LogP contribution is -2.27. The van der Waals surface area contributed by atoms with E-state index in [4.69, 9.17) is 5.73 Å². The van der Waals surface area contributed by atoms with E-state index in [-0.39, 0.29) is 11.9 Å². The average molecular weight is 240 g/mol. The van der Waals surface area contributed by atoms with E-state index in [2.05, 4.69) is 15.0 Å². The topological polar surface area (TPSA) is 80.0 Å². The van der Waals surface area contributed by atoms with Crippen molar-refractivity contribution in [2.75, 3.05) is 11.1 Å². The first-order valence-corrected chi connectivity index (χ1v) is 6.18. The molecule has 0 spiro atoms. The van der Waals surface area contributed by atoms with Gasteiger partial charge in [-0.05, 0) is 38.2 Å². The minimum absolute atomic E-state index is 0.114. The number of hydrogen-bond acceptors (Lipinski definition) is 5. The van der Waals surface area contributed by atoms with Gasteiger partial charge in [-0.3, -0.25) is 4.79 Å². The van der Waals surface area contributed by atoms with Crippen molar-refractivity contribution in [3.63, 3.8) is 0 Å². The zero-order chi connectivity index (χ0) is 11.7. The molecule has 1 aliphatic rings. The van der Waals surface area contributed by atoms with Crippen LogP contribution in [0.5, 0.6) is 0 Å². The Morgan fingerprint density at radius 2 is 2.25 bits per heavy atom. The van der Waals surface area contributed by atoms with Gasteiger partial charge in [-0.15, -0.1) is 0 Å². The molecule has 0 radical (unpaired) electrons. The van der Waals surface area contributed by atoms with E-state index >= 15 is 0 Å². The molecule has 1 amide bonds. The number of nitrogens with zero attached hydrogens (tertiary/aromatic N) is 1. The van der Waals surface area contributed by atoms with Gasteiger partial charge >= 0.3 is 0 Å². The lowest BCUT2D eigenvalue weighted by Gasteiger charge is -2.09. The Morgan fingerprint density at radius 3 is 2.81 bits per heavy atom. The van der Waals surface area contributed by atoms with E-state index in [0.717, 1.165) is 17.8 Å². The Morgan fingerprint density at radius 1 is 1.56 bits per heavy atom. The molecular formula is C10H16N4OS. The monoisotopic (exact) mass is 240 g/mol. The molecule has 1 aliphatic carbocycles. The molecular weight excluding hydrogens is 224 g/mol. The highest BCUT2D eigenvalue weighted by atomic mass is 32.1. The van der Waals surface area contributed by atoms with Gasteiger partial charge in [-0.2, -0.15) is 4.37 Å². The van der Waals surface area contributed by atoms with Gasteiger partial charge in [0.1, 0.15) is 10.6 Å². The van der Waals surface area contributed by atoms with Crippen LogP contribution in [0.3, 0.4) is 0 Å². The number of carbonyl (C=O) groups is 1. The van der Waals surface area contributed by atoms with Crippen LogP contribution >= 0.6 is 11.5 Å². The summed E-state index contributed by atoms with van der Waals surface area (Å²) >= 11 is 1.23. The van der Waals surface area contributed by atoms with Gasteiger partial charge in [0.05, 0.1) is 0 Å². The molecule has 1 saturated carbocycles. The second-order valence-corrected chi connectivity index (χ2v) is 5.09. The molecule has 1 heterocycles. The van der Waals surface area contributed by atoms with Crippen molar-refractivity contribution >= 4 is 28.3 Å². The maximum absolute atomic E-state index is 11.9. The lowest BCUT2D eigenvalue weighted by atomic mass is 10.2. The molecule has 0 atom stereocenters. The smallest absolute Gasteiger partial charge is 0.258 e. The Balaban J connectivity index is 2.16. The number of rotatable bonds is 4. The summed E-state index contributed by atoms with van der Waals surface area (Å²) in [5.74, 6) is 0.197. The minimum atomic E-state index is -0.114. The first kappa shape index (κ1) is 11.2. The third kappa shape index (κ3) is 2.44. The molecule has 2 rings (SSSR count). The Kier molecular flexibility index (Phi) is 3.00. The number of nitrogens with one attached hydrogen (secondary N) is 2. The second-order valence-electron chi connectivity index (χ2n) is 4.32. The van der Waals surface area contributed by atoms with Crippen LogP contribution in [-0.2, 0) is 0 Å². The first-order chi connectivity index (χ1) is 7.58. The molecule has 6 heteroatoms. The third-order valence-electron chi connectivity index (χ3n) is 2.28. The molecule has 0 aliphatic heterocycles. The Hall–Kier alpha value is -1.30. The minimum Gasteiger partial charge on any atom is -0.382 e. The standard InChI is InChI=1S/C10H16N4OS/c1-5(2)12-10-7(8(11)14-16-10)9(15)13-6-3-4-6/h5-6,12H,3-4H2,1-2H3,(H2,11,14)(H,13,15). The fourth-order valence-corrected chi connectivity index (χ4v) is 2.23. The molecule has 88 valence electrons. The zero-order valence-electron chi connectivity index (χ0n) is 9.41. The average Bonchev–Trinajstić information content (AvgIpc) is 2.91. The number of nitrogen functional groups attached to an aromatic ring is 1. The van der Waals surface area contributed by atoms with Crippen molar-refractivity contribution in [3.05, 3.63) is 5.56 Å². The number of nitrogens with two attached hydrogens (primary N) is 1. The summed E-state index contributed by atoms with van der Waals surface area (Å²) in [6, 6.07) is 0.589. The van der Waals surface area contributed by atoms with Crippen LogP contribution in [0.2, 0.25) is 0 Å². The van der Waals surface area contributed by atoms with Crippen LogP contribution in [0.25, 0.3) is 0 Å². The van der Waals surface area contributed by atoms with Crippen molar-refractivity contribution < 1.29 is 4.79 Å². The quantitative estimate of drug-likeness (QED) is 0.744. The van der Waals surface area contributed by atoms with Gasteiger partial charge in [0.25, 0.3) is 5.91 Å². The van der Waals surface area contributed by atoms with Crippen LogP contribution < -0.4 is 16.4 Å². The van der Waals surface area contributed by atoms with Crippen molar-refractivity contribution in [2.45, 2.75) is 38.8 Å². The number of amides is 1. The maximum atomic E-state index is 11.9. The molecule has 1 aromatic heterocycles. The molecule has 0 saturated heterocycles. The highest BCUT2D eigenvalue weighted by Gasteiger charge is 2.27. The second kappa shape index (κ2) is 4.29. The SMILES string of the molecule is CC(C)Nc1snc(N)c1C(=O)NC1CC1. The summed E-state index contributed by atoms with van der Waals surface area (Å²) in [4.78, 5) is 11.9. The first-order valence-electron chi connectivity index (χ1n) is 5.40. The van der Waals surface area contributed by atoms with Crippen molar-refractivity contribution in [2.24, 2.45) is 0 Å². The van der Waals surface area contributed by atoms with E-state index in [9.17, 15) is 4.79 Å². The van der Waals surface area contributed by atoms with Gasteiger partial charge in [0.15, 0.2) is 5.82 Å². The number of aromatic nitrogens is 1. The van der Waals surface area contributed by atoms with Crippen LogP contribution in [0.1, 0.15) is 37.0 Å². The summed E-state index contributed by atoms with van der Waals surface area (Å²) < 4.78 is 4.01. The van der Waals surface area contributed by atoms with E-state index in [1.807, 2.05) is 13.8 Å². The fourth-order valence-electron chi connectivity index (χ4n) is 1.37. The van der Waals surface area contributed by atoms with Crippen molar-refractivity contribution in [1.29, 1.82) is 0 Å². The number of carbonyl (C=O) groups excluding carboxylic acids is 1.